The van der Waals surface area contributed by atoms with E-state index in [-0.39, 0.29) is 24.2 Å². The Kier molecular flexibility index (Phi) is 5.99. The molecule has 2 aromatic heterocycles. The summed E-state index contributed by atoms with van der Waals surface area (Å²) in [6.07, 6.45) is -1.56. The number of carbonyl (C=O) groups is 1. The van der Waals surface area contributed by atoms with E-state index in [9.17, 15) is 22.8 Å². The highest BCUT2D eigenvalue weighted by molar-refractivity contribution is 5.94. The first-order valence-electron chi connectivity index (χ1n) is 10.1. The quantitative estimate of drug-likeness (QED) is 0.483. The maximum Gasteiger partial charge on any atom is 0.416 e. The second-order valence-corrected chi connectivity index (χ2v) is 7.60. The molecule has 0 unspecified atom stereocenters. The summed E-state index contributed by atoms with van der Waals surface area (Å²) in [7, 11) is 0. The van der Waals surface area contributed by atoms with Gasteiger partial charge in [-0.1, -0.05) is 29.8 Å². The Hall–Kier alpha value is -3.95. The van der Waals surface area contributed by atoms with E-state index in [4.69, 9.17) is 0 Å². The number of fused-ring (bicyclic) bond motifs is 1. The van der Waals surface area contributed by atoms with Crippen molar-refractivity contribution in [1.82, 2.24) is 24.6 Å². The summed E-state index contributed by atoms with van der Waals surface area (Å²) in [6.45, 7) is 2.77. The predicted octanol–water partition coefficient (Wildman–Crippen LogP) is 3.40. The molecule has 2 heterocycles. The van der Waals surface area contributed by atoms with Gasteiger partial charge in [-0.3, -0.25) is 14.2 Å². The van der Waals surface area contributed by atoms with Crippen molar-refractivity contribution in [3.8, 4) is 0 Å². The van der Waals surface area contributed by atoms with Crippen LogP contribution in [0.3, 0.4) is 0 Å². The van der Waals surface area contributed by atoms with Crippen molar-refractivity contribution in [2.45, 2.75) is 26.2 Å². The van der Waals surface area contributed by atoms with Crippen LogP contribution in [0, 0.1) is 6.92 Å². The first kappa shape index (κ1) is 22.3. The largest absolute Gasteiger partial charge is 0.416 e. The van der Waals surface area contributed by atoms with E-state index < -0.39 is 17.6 Å². The van der Waals surface area contributed by atoms with Crippen LogP contribution in [0.1, 0.15) is 27.0 Å². The number of hydrogen-bond acceptors (Lipinski definition) is 4. The van der Waals surface area contributed by atoms with Crippen LogP contribution in [0.25, 0.3) is 11.0 Å². The van der Waals surface area contributed by atoms with Crippen LogP contribution in [-0.2, 0) is 19.3 Å². The number of amides is 1. The molecule has 1 N–H and O–H groups in total. The Morgan fingerprint density at radius 3 is 2.42 bits per heavy atom. The van der Waals surface area contributed by atoms with Gasteiger partial charge in [0.2, 0.25) is 0 Å². The maximum absolute atomic E-state index is 12.8. The van der Waals surface area contributed by atoms with Gasteiger partial charge in [0, 0.05) is 12.1 Å². The summed E-state index contributed by atoms with van der Waals surface area (Å²) in [5.41, 5.74) is 1.57. The van der Waals surface area contributed by atoms with Crippen molar-refractivity contribution in [3.05, 3.63) is 93.7 Å². The summed E-state index contributed by atoms with van der Waals surface area (Å²) >= 11 is 0. The molecule has 2 aromatic carbocycles. The number of aryl methyl sites for hydroxylation is 1. The van der Waals surface area contributed by atoms with E-state index in [0.717, 1.165) is 35.4 Å². The molecular formula is C23H20F3N5O2. The average molecular weight is 455 g/mol. The minimum atomic E-state index is -4.46. The van der Waals surface area contributed by atoms with Crippen molar-refractivity contribution in [3.63, 3.8) is 0 Å². The van der Waals surface area contributed by atoms with E-state index >= 15 is 0 Å². The zero-order valence-electron chi connectivity index (χ0n) is 17.6. The molecule has 10 heteroatoms. The van der Waals surface area contributed by atoms with Crippen LogP contribution in [0.15, 0.2) is 65.8 Å². The average Bonchev–Trinajstić information content (AvgIpc) is 3.20. The molecule has 4 rings (SSSR count). The number of nitrogens with one attached hydrogen (secondary N) is 1. The molecule has 0 saturated heterocycles. The number of nitrogens with zero attached hydrogens (tertiary/aromatic N) is 4. The number of hydrogen-bond donors (Lipinski definition) is 1. The Labute approximate surface area is 186 Å². The normalized spacial score (nSPS) is 11.6. The summed E-state index contributed by atoms with van der Waals surface area (Å²) in [5.74, 6) is -0.506. The van der Waals surface area contributed by atoms with Crippen LogP contribution in [-0.4, -0.2) is 31.8 Å². The molecule has 0 aliphatic rings. The van der Waals surface area contributed by atoms with Crippen LogP contribution in [0.2, 0.25) is 0 Å². The van der Waals surface area contributed by atoms with Crippen LogP contribution in [0.4, 0.5) is 13.2 Å². The molecule has 7 nitrogen and oxygen atoms in total. The molecule has 170 valence electrons. The van der Waals surface area contributed by atoms with Crippen molar-refractivity contribution in [2.24, 2.45) is 0 Å². The zero-order chi connectivity index (χ0) is 23.6. The van der Waals surface area contributed by atoms with Gasteiger partial charge in [0.1, 0.15) is 11.7 Å². The third-order valence-electron chi connectivity index (χ3n) is 5.18. The second-order valence-electron chi connectivity index (χ2n) is 7.60. The molecule has 0 spiro atoms. The van der Waals surface area contributed by atoms with Crippen LogP contribution >= 0.6 is 0 Å². The van der Waals surface area contributed by atoms with Gasteiger partial charge in [0.05, 0.1) is 24.8 Å². The SMILES string of the molecule is Cc1ccc(Cn2cnc3c(cnn3CCNC(=O)c3ccc(C(F)(F)F)cc3)c2=O)cc1. The van der Waals surface area contributed by atoms with Gasteiger partial charge in [0.25, 0.3) is 11.5 Å². The van der Waals surface area contributed by atoms with E-state index in [2.05, 4.69) is 15.4 Å². The Balaban J connectivity index is 1.41. The highest BCUT2D eigenvalue weighted by Crippen LogP contribution is 2.29. The molecule has 0 saturated carbocycles. The lowest BCUT2D eigenvalue weighted by atomic mass is 10.1. The maximum atomic E-state index is 12.8. The smallest absolute Gasteiger partial charge is 0.350 e. The molecule has 1 amide bonds. The van der Waals surface area contributed by atoms with Crippen molar-refractivity contribution in [1.29, 1.82) is 0 Å². The van der Waals surface area contributed by atoms with Crippen molar-refractivity contribution >= 4 is 16.9 Å². The third kappa shape index (κ3) is 4.94. The van der Waals surface area contributed by atoms with Crippen LogP contribution in [0.5, 0.6) is 0 Å². The lowest BCUT2D eigenvalue weighted by molar-refractivity contribution is -0.137. The molecule has 33 heavy (non-hydrogen) atoms. The van der Waals surface area contributed by atoms with Gasteiger partial charge in [-0.2, -0.15) is 18.3 Å². The van der Waals surface area contributed by atoms with Gasteiger partial charge in [-0.15, -0.1) is 0 Å². The molecule has 0 aliphatic carbocycles. The number of carbonyl (C=O) groups excluding carboxylic acids is 1. The second kappa shape index (κ2) is 8.89. The van der Waals surface area contributed by atoms with E-state index in [0.29, 0.717) is 17.6 Å². The molecule has 0 aliphatic heterocycles. The third-order valence-corrected chi connectivity index (χ3v) is 5.18. The molecule has 0 radical (unpaired) electrons. The summed E-state index contributed by atoms with van der Waals surface area (Å²) in [5, 5.41) is 7.18. The topological polar surface area (TPSA) is 81.8 Å². The first-order valence-corrected chi connectivity index (χ1v) is 10.1. The monoisotopic (exact) mass is 455 g/mol. The highest BCUT2D eigenvalue weighted by atomic mass is 19.4. The number of benzene rings is 2. The van der Waals surface area contributed by atoms with E-state index in [1.807, 2.05) is 31.2 Å². The Morgan fingerprint density at radius 1 is 1.06 bits per heavy atom. The van der Waals surface area contributed by atoms with Gasteiger partial charge in [-0.25, -0.2) is 9.67 Å². The number of aromatic nitrogens is 4. The lowest BCUT2D eigenvalue weighted by Gasteiger charge is -2.09. The molecule has 4 aromatic rings. The minimum absolute atomic E-state index is 0.116. The molecule has 0 bridgehead atoms. The van der Waals surface area contributed by atoms with Gasteiger partial charge in [0.15, 0.2) is 5.65 Å². The highest BCUT2D eigenvalue weighted by Gasteiger charge is 2.30. The fourth-order valence-corrected chi connectivity index (χ4v) is 3.35. The van der Waals surface area contributed by atoms with Gasteiger partial charge < -0.3 is 5.32 Å². The van der Waals surface area contributed by atoms with Crippen molar-refractivity contribution < 1.29 is 18.0 Å². The van der Waals surface area contributed by atoms with Gasteiger partial charge in [-0.05, 0) is 36.8 Å². The summed E-state index contributed by atoms with van der Waals surface area (Å²) in [6, 6.07) is 11.8. The fourth-order valence-electron chi connectivity index (χ4n) is 3.35. The summed E-state index contributed by atoms with van der Waals surface area (Å²) in [4.78, 5) is 29.3. The van der Waals surface area contributed by atoms with Gasteiger partial charge >= 0.3 is 6.18 Å². The zero-order valence-corrected chi connectivity index (χ0v) is 17.6. The summed E-state index contributed by atoms with van der Waals surface area (Å²) < 4.78 is 40.9. The Bertz CT molecular complexity index is 1340. The van der Waals surface area contributed by atoms with Crippen molar-refractivity contribution in [2.75, 3.05) is 6.54 Å². The standard InChI is InChI=1S/C23H20F3N5O2/c1-15-2-4-16(5-3-15)13-30-14-28-20-19(22(30)33)12-29-31(20)11-10-27-21(32)17-6-8-18(9-7-17)23(24,25)26/h2-9,12,14H,10-11,13H2,1H3,(H,27,32). The Morgan fingerprint density at radius 2 is 1.76 bits per heavy atom. The fraction of sp³-hybridized carbons (Fsp3) is 0.217. The molecular weight excluding hydrogens is 435 g/mol. The van der Waals surface area contributed by atoms with E-state index in [1.54, 1.807) is 0 Å². The van der Waals surface area contributed by atoms with Crippen LogP contribution < -0.4 is 10.9 Å². The molecule has 0 fully saturated rings. The predicted molar refractivity (Wildman–Crippen MR) is 116 cm³/mol. The first-order chi connectivity index (χ1) is 15.7. The number of alkyl halides is 3. The van der Waals surface area contributed by atoms with E-state index in [1.165, 1.54) is 21.8 Å². The molecule has 0 atom stereocenters. The number of rotatable bonds is 6. The lowest BCUT2D eigenvalue weighted by Crippen LogP contribution is -2.28. The number of halogens is 3. The minimum Gasteiger partial charge on any atom is -0.350 e.